The van der Waals surface area contributed by atoms with Crippen molar-refractivity contribution in [1.82, 2.24) is 4.90 Å². The van der Waals surface area contributed by atoms with E-state index in [9.17, 15) is 4.79 Å². The second-order valence-corrected chi connectivity index (χ2v) is 4.09. The molecule has 16 heavy (non-hydrogen) atoms. The van der Waals surface area contributed by atoms with E-state index in [1.807, 2.05) is 23.1 Å². The lowest BCUT2D eigenvalue weighted by atomic mass is 9.99. The van der Waals surface area contributed by atoms with Crippen molar-refractivity contribution in [3.63, 3.8) is 0 Å². The Kier molecular flexibility index (Phi) is 2.95. The second-order valence-electron chi connectivity index (χ2n) is 4.09. The molecule has 1 aliphatic rings. The topological polar surface area (TPSA) is 46.3 Å². The molecule has 1 aromatic carbocycles. The van der Waals surface area contributed by atoms with Gasteiger partial charge in [0.15, 0.2) is 0 Å². The van der Waals surface area contributed by atoms with Crippen molar-refractivity contribution in [3.05, 3.63) is 42.0 Å². The van der Waals surface area contributed by atoms with E-state index in [1.54, 1.807) is 6.08 Å². The third-order valence-electron chi connectivity index (χ3n) is 2.91. The molecule has 1 amide bonds. The van der Waals surface area contributed by atoms with E-state index in [0.717, 1.165) is 18.7 Å². The van der Waals surface area contributed by atoms with E-state index in [0.29, 0.717) is 13.0 Å². The van der Waals surface area contributed by atoms with E-state index in [2.05, 4.69) is 6.58 Å². The van der Waals surface area contributed by atoms with Crippen molar-refractivity contribution in [3.8, 4) is 0 Å². The molecule has 0 atom stereocenters. The maximum Gasteiger partial charge on any atom is 0.226 e. The Morgan fingerprint density at radius 2 is 2.31 bits per heavy atom. The Labute approximate surface area is 95.6 Å². The quantitative estimate of drug-likeness (QED) is 0.604. The van der Waals surface area contributed by atoms with Gasteiger partial charge in [0.25, 0.3) is 0 Å². The lowest BCUT2D eigenvalue weighted by Crippen LogP contribution is -2.35. The molecule has 0 saturated carbocycles. The summed E-state index contributed by atoms with van der Waals surface area (Å²) < 4.78 is 0. The Hall–Kier alpha value is -1.77. The summed E-state index contributed by atoms with van der Waals surface area (Å²) in [4.78, 5) is 13.6. The van der Waals surface area contributed by atoms with Gasteiger partial charge in [-0.1, -0.05) is 12.1 Å². The maximum absolute atomic E-state index is 11.7. The van der Waals surface area contributed by atoms with Gasteiger partial charge in [0.05, 0.1) is 0 Å². The molecule has 1 aliphatic heterocycles. The van der Waals surface area contributed by atoms with E-state index in [1.165, 1.54) is 11.1 Å². The molecule has 0 spiro atoms. The molecule has 1 aromatic rings. The Morgan fingerprint density at radius 3 is 3.06 bits per heavy atom. The molecule has 3 nitrogen and oxygen atoms in total. The van der Waals surface area contributed by atoms with E-state index in [-0.39, 0.29) is 5.91 Å². The summed E-state index contributed by atoms with van der Waals surface area (Å²) in [6, 6.07) is 5.91. The highest BCUT2D eigenvalue weighted by Gasteiger charge is 2.19. The molecular weight excluding hydrogens is 200 g/mol. The molecule has 0 aliphatic carbocycles. The molecule has 0 aromatic heterocycles. The molecule has 3 heteroatoms. The van der Waals surface area contributed by atoms with Crippen LogP contribution in [0, 0.1) is 0 Å². The summed E-state index contributed by atoms with van der Waals surface area (Å²) >= 11 is 0. The van der Waals surface area contributed by atoms with Gasteiger partial charge in [-0.2, -0.15) is 0 Å². The number of hydrogen-bond donors (Lipinski definition) is 1. The predicted molar refractivity (Wildman–Crippen MR) is 64.8 cm³/mol. The molecule has 2 rings (SSSR count). The fourth-order valence-corrected chi connectivity index (χ4v) is 2.04. The summed E-state index contributed by atoms with van der Waals surface area (Å²) in [6.07, 6.45) is 2.97. The average Bonchev–Trinajstić information content (AvgIpc) is 2.28. The standard InChI is InChI=1S/C13H16N2O/c1-2-3-13(16)15-7-6-10-8-12(14)5-4-11(10)9-15/h2,4-5,8H,1,3,6-7,9,14H2. The van der Waals surface area contributed by atoms with E-state index < -0.39 is 0 Å². The van der Waals surface area contributed by atoms with Crippen molar-refractivity contribution in [2.75, 3.05) is 12.3 Å². The number of nitrogens with two attached hydrogens (primary N) is 1. The van der Waals surface area contributed by atoms with Crippen LogP contribution in [0.5, 0.6) is 0 Å². The first kappa shape index (κ1) is 10.7. The van der Waals surface area contributed by atoms with Crippen molar-refractivity contribution in [2.24, 2.45) is 0 Å². The van der Waals surface area contributed by atoms with E-state index in [4.69, 9.17) is 5.73 Å². The first-order valence-corrected chi connectivity index (χ1v) is 5.46. The highest BCUT2D eigenvalue weighted by atomic mass is 16.2. The van der Waals surface area contributed by atoms with E-state index >= 15 is 0 Å². The summed E-state index contributed by atoms with van der Waals surface area (Å²) in [6.45, 7) is 5.06. The molecule has 0 bridgehead atoms. The number of carbonyl (C=O) groups is 1. The lowest BCUT2D eigenvalue weighted by Gasteiger charge is -2.28. The number of amides is 1. The number of fused-ring (bicyclic) bond motifs is 1. The van der Waals surface area contributed by atoms with Crippen LogP contribution in [-0.4, -0.2) is 17.4 Å². The molecule has 1 heterocycles. The monoisotopic (exact) mass is 216 g/mol. The second kappa shape index (κ2) is 4.39. The molecule has 2 N–H and O–H groups in total. The maximum atomic E-state index is 11.7. The minimum atomic E-state index is 0.150. The SMILES string of the molecule is C=CCC(=O)N1CCc2cc(N)ccc2C1. The summed E-state index contributed by atoms with van der Waals surface area (Å²) in [7, 11) is 0. The number of anilines is 1. The van der Waals surface area contributed by atoms with Gasteiger partial charge < -0.3 is 10.6 Å². The Balaban J connectivity index is 2.14. The van der Waals surface area contributed by atoms with Crippen LogP contribution in [0.25, 0.3) is 0 Å². The van der Waals surface area contributed by atoms with Crippen LogP contribution < -0.4 is 5.73 Å². The van der Waals surface area contributed by atoms with Crippen molar-refractivity contribution >= 4 is 11.6 Å². The van der Waals surface area contributed by atoms with Crippen LogP contribution in [0.2, 0.25) is 0 Å². The van der Waals surface area contributed by atoms with Crippen LogP contribution in [0.4, 0.5) is 5.69 Å². The number of nitrogen functional groups attached to an aromatic ring is 1. The zero-order chi connectivity index (χ0) is 11.5. The third-order valence-corrected chi connectivity index (χ3v) is 2.91. The lowest BCUT2D eigenvalue weighted by molar-refractivity contribution is -0.131. The van der Waals surface area contributed by atoms with Crippen LogP contribution >= 0.6 is 0 Å². The van der Waals surface area contributed by atoms with Crippen molar-refractivity contribution in [2.45, 2.75) is 19.4 Å². The number of hydrogen-bond acceptors (Lipinski definition) is 2. The zero-order valence-corrected chi connectivity index (χ0v) is 9.28. The van der Waals surface area contributed by atoms with Gasteiger partial charge in [-0.05, 0) is 29.7 Å². The number of nitrogens with zero attached hydrogens (tertiary/aromatic N) is 1. The normalized spacial score (nSPS) is 14.4. The summed E-state index contributed by atoms with van der Waals surface area (Å²) in [5.74, 6) is 0.150. The highest BCUT2D eigenvalue weighted by Crippen LogP contribution is 2.21. The minimum Gasteiger partial charge on any atom is -0.399 e. The van der Waals surface area contributed by atoms with Gasteiger partial charge in [0.1, 0.15) is 0 Å². The zero-order valence-electron chi connectivity index (χ0n) is 9.28. The van der Waals surface area contributed by atoms with Gasteiger partial charge >= 0.3 is 0 Å². The molecular formula is C13H16N2O. The first-order chi connectivity index (χ1) is 7.70. The molecule has 84 valence electrons. The van der Waals surface area contributed by atoms with Gasteiger partial charge in [-0.25, -0.2) is 0 Å². The van der Waals surface area contributed by atoms with Crippen LogP contribution in [0.3, 0.4) is 0 Å². The van der Waals surface area contributed by atoms with Gasteiger partial charge in [0, 0.05) is 25.2 Å². The van der Waals surface area contributed by atoms with Crippen LogP contribution in [0.15, 0.2) is 30.9 Å². The third kappa shape index (κ3) is 2.08. The highest BCUT2D eigenvalue weighted by molar-refractivity contribution is 5.78. The summed E-state index contributed by atoms with van der Waals surface area (Å²) in [5.41, 5.74) is 9.00. The first-order valence-electron chi connectivity index (χ1n) is 5.46. The number of rotatable bonds is 2. The molecule has 0 unspecified atom stereocenters. The van der Waals surface area contributed by atoms with Gasteiger partial charge in [0.2, 0.25) is 5.91 Å². The Morgan fingerprint density at radius 1 is 1.50 bits per heavy atom. The number of carbonyl (C=O) groups excluding carboxylic acids is 1. The minimum absolute atomic E-state index is 0.150. The van der Waals surface area contributed by atoms with Gasteiger partial charge in [-0.15, -0.1) is 6.58 Å². The van der Waals surface area contributed by atoms with Crippen molar-refractivity contribution in [1.29, 1.82) is 0 Å². The fraction of sp³-hybridized carbons (Fsp3) is 0.308. The Bertz CT molecular complexity index is 426. The van der Waals surface area contributed by atoms with Crippen molar-refractivity contribution < 1.29 is 4.79 Å². The summed E-state index contributed by atoms with van der Waals surface area (Å²) in [5, 5.41) is 0. The molecule has 0 saturated heterocycles. The molecule has 0 radical (unpaired) electrons. The predicted octanol–water partition coefficient (Wildman–Crippen LogP) is 1.73. The fourth-order valence-electron chi connectivity index (χ4n) is 2.04. The molecule has 0 fully saturated rings. The number of benzene rings is 1. The van der Waals surface area contributed by atoms with Crippen LogP contribution in [-0.2, 0) is 17.8 Å². The van der Waals surface area contributed by atoms with Crippen LogP contribution in [0.1, 0.15) is 17.5 Å². The average molecular weight is 216 g/mol. The largest absolute Gasteiger partial charge is 0.399 e. The van der Waals surface area contributed by atoms with Gasteiger partial charge in [-0.3, -0.25) is 4.79 Å². The smallest absolute Gasteiger partial charge is 0.226 e.